The van der Waals surface area contributed by atoms with Crippen LogP contribution in [0, 0.1) is 6.92 Å². The van der Waals surface area contributed by atoms with E-state index in [2.05, 4.69) is 35.6 Å². The van der Waals surface area contributed by atoms with Gasteiger partial charge in [-0.25, -0.2) is 9.97 Å². The second-order valence-electron chi connectivity index (χ2n) is 10.8. The molecule has 0 amide bonds. The summed E-state index contributed by atoms with van der Waals surface area (Å²) in [4.78, 5) is 22.9. The maximum atomic E-state index is 6.39. The fourth-order valence-corrected chi connectivity index (χ4v) is 4.92. The van der Waals surface area contributed by atoms with Crippen LogP contribution >= 0.6 is 0 Å². The zero-order valence-electron chi connectivity index (χ0n) is 27.6. The van der Waals surface area contributed by atoms with Gasteiger partial charge in [-0.05, 0) is 112 Å². The zero-order valence-corrected chi connectivity index (χ0v) is 27.6. The molecule has 0 saturated heterocycles. The Balaban J connectivity index is 1.35. The summed E-state index contributed by atoms with van der Waals surface area (Å²) in [6.07, 6.45) is 0. The van der Waals surface area contributed by atoms with Gasteiger partial charge < -0.3 is 35.3 Å². The SMILES string of the molecule is CCOc1ccc(Nc2nc(Nc3ccc(OCC)cc3)nc(Oc3ccc(C)cc3-c3cc(-c4ccc(OC)cc4)nc(N)n3)n2)cc1. The van der Waals surface area contributed by atoms with E-state index in [1.807, 2.05) is 118 Å². The third-order valence-corrected chi connectivity index (χ3v) is 7.20. The fourth-order valence-electron chi connectivity index (χ4n) is 4.92. The first-order chi connectivity index (χ1) is 23.9. The van der Waals surface area contributed by atoms with Crippen LogP contribution in [0.5, 0.6) is 29.0 Å². The number of anilines is 5. The maximum Gasteiger partial charge on any atom is 0.328 e. The number of rotatable bonds is 13. The molecule has 0 aliphatic rings. The molecule has 0 aliphatic carbocycles. The molecule has 2 heterocycles. The summed E-state index contributed by atoms with van der Waals surface area (Å²) in [6.45, 7) is 7.02. The molecule has 2 aromatic heterocycles. The van der Waals surface area contributed by atoms with Crippen LogP contribution in [0.3, 0.4) is 0 Å². The molecular formula is C37H36N8O4. The highest BCUT2D eigenvalue weighted by molar-refractivity contribution is 5.74. The van der Waals surface area contributed by atoms with Crippen molar-refractivity contribution in [2.24, 2.45) is 0 Å². The van der Waals surface area contributed by atoms with E-state index >= 15 is 0 Å². The number of nitrogens with two attached hydrogens (primary N) is 1. The van der Waals surface area contributed by atoms with Crippen LogP contribution in [0.2, 0.25) is 0 Å². The first kappa shape index (κ1) is 32.5. The number of nitrogens with one attached hydrogen (secondary N) is 2. The summed E-state index contributed by atoms with van der Waals surface area (Å²) < 4.78 is 22.9. The maximum absolute atomic E-state index is 6.39. The van der Waals surface area contributed by atoms with E-state index in [9.17, 15) is 0 Å². The van der Waals surface area contributed by atoms with E-state index in [4.69, 9.17) is 24.7 Å². The molecule has 248 valence electrons. The summed E-state index contributed by atoms with van der Waals surface area (Å²) in [7, 11) is 1.62. The molecule has 0 spiro atoms. The van der Waals surface area contributed by atoms with Crippen LogP contribution in [0.1, 0.15) is 19.4 Å². The second kappa shape index (κ2) is 15.0. The Labute approximate surface area is 284 Å². The smallest absolute Gasteiger partial charge is 0.328 e. The van der Waals surface area contributed by atoms with Crippen molar-refractivity contribution in [3.05, 3.63) is 103 Å². The Morgan fingerprint density at radius 3 is 1.71 bits per heavy atom. The number of hydrogen-bond donors (Lipinski definition) is 3. The third kappa shape index (κ3) is 8.30. The molecule has 12 nitrogen and oxygen atoms in total. The minimum atomic E-state index is 0.0550. The van der Waals surface area contributed by atoms with Gasteiger partial charge in [0.05, 0.1) is 31.7 Å². The van der Waals surface area contributed by atoms with E-state index in [1.165, 1.54) is 0 Å². The Bertz CT molecular complexity index is 1950. The minimum absolute atomic E-state index is 0.0550. The molecule has 4 aromatic carbocycles. The Kier molecular flexibility index (Phi) is 9.94. The van der Waals surface area contributed by atoms with Gasteiger partial charge in [-0.2, -0.15) is 15.0 Å². The Morgan fingerprint density at radius 1 is 0.612 bits per heavy atom. The molecule has 0 unspecified atom stereocenters. The van der Waals surface area contributed by atoms with Gasteiger partial charge in [0.1, 0.15) is 23.0 Å². The van der Waals surface area contributed by atoms with Crippen molar-refractivity contribution in [1.29, 1.82) is 0 Å². The van der Waals surface area contributed by atoms with Crippen molar-refractivity contribution in [3.8, 4) is 51.5 Å². The fraction of sp³-hybridized carbons (Fsp3) is 0.162. The van der Waals surface area contributed by atoms with E-state index in [0.717, 1.165) is 39.8 Å². The molecule has 0 aliphatic heterocycles. The number of aromatic nitrogens is 5. The first-order valence-electron chi connectivity index (χ1n) is 15.7. The number of nitrogens with zero attached hydrogens (tertiary/aromatic N) is 5. The zero-order chi connectivity index (χ0) is 34.2. The van der Waals surface area contributed by atoms with Gasteiger partial charge >= 0.3 is 6.01 Å². The second-order valence-corrected chi connectivity index (χ2v) is 10.8. The van der Waals surface area contributed by atoms with Crippen LogP contribution in [-0.4, -0.2) is 45.2 Å². The highest BCUT2D eigenvalue weighted by Crippen LogP contribution is 2.35. The predicted molar refractivity (Wildman–Crippen MR) is 190 cm³/mol. The molecule has 0 radical (unpaired) electrons. The van der Waals surface area contributed by atoms with Gasteiger partial charge in [0.25, 0.3) is 0 Å². The lowest BCUT2D eigenvalue weighted by molar-refractivity contribution is 0.340. The van der Waals surface area contributed by atoms with Gasteiger partial charge in [-0.1, -0.05) is 11.6 Å². The van der Waals surface area contributed by atoms with Gasteiger partial charge in [0.15, 0.2) is 0 Å². The number of ether oxygens (including phenoxy) is 4. The van der Waals surface area contributed by atoms with Crippen LogP contribution < -0.4 is 35.3 Å². The molecule has 12 heteroatoms. The first-order valence-corrected chi connectivity index (χ1v) is 15.7. The third-order valence-electron chi connectivity index (χ3n) is 7.20. The van der Waals surface area contributed by atoms with Crippen LogP contribution in [0.25, 0.3) is 22.5 Å². The molecule has 6 rings (SSSR count). The van der Waals surface area contributed by atoms with Gasteiger partial charge in [-0.15, -0.1) is 0 Å². The van der Waals surface area contributed by atoms with Crippen molar-refractivity contribution in [2.75, 3.05) is 36.7 Å². The average Bonchev–Trinajstić information content (AvgIpc) is 3.11. The monoisotopic (exact) mass is 656 g/mol. The summed E-state index contributed by atoms with van der Waals surface area (Å²) in [6, 6.07) is 30.3. The summed E-state index contributed by atoms with van der Waals surface area (Å²) >= 11 is 0. The summed E-state index contributed by atoms with van der Waals surface area (Å²) in [5.74, 6) is 3.39. The van der Waals surface area contributed by atoms with Crippen molar-refractivity contribution >= 4 is 29.2 Å². The van der Waals surface area contributed by atoms with E-state index in [1.54, 1.807) is 7.11 Å². The van der Waals surface area contributed by atoms with E-state index in [0.29, 0.717) is 35.9 Å². The molecule has 0 atom stereocenters. The lowest BCUT2D eigenvalue weighted by atomic mass is 10.0. The van der Waals surface area contributed by atoms with Crippen molar-refractivity contribution in [2.45, 2.75) is 20.8 Å². The molecule has 49 heavy (non-hydrogen) atoms. The number of benzene rings is 4. The lowest BCUT2D eigenvalue weighted by Gasteiger charge is -2.14. The topological polar surface area (TPSA) is 151 Å². The van der Waals surface area contributed by atoms with Crippen LogP contribution in [-0.2, 0) is 0 Å². The highest BCUT2D eigenvalue weighted by Gasteiger charge is 2.16. The number of methoxy groups -OCH3 is 1. The molecule has 6 aromatic rings. The Morgan fingerprint density at radius 2 is 1.16 bits per heavy atom. The van der Waals surface area contributed by atoms with Crippen molar-refractivity contribution in [3.63, 3.8) is 0 Å². The lowest BCUT2D eigenvalue weighted by Crippen LogP contribution is -2.06. The number of nitrogen functional groups attached to an aromatic ring is 1. The van der Waals surface area contributed by atoms with E-state index in [-0.39, 0.29) is 23.9 Å². The van der Waals surface area contributed by atoms with Crippen LogP contribution in [0.4, 0.5) is 29.2 Å². The number of hydrogen-bond acceptors (Lipinski definition) is 12. The number of aryl methyl sites for hydroxylation is 1. The molecule has 0 bridgehead atoms. The molecular weight excluding hydrogens is 620 g/mol. The van der Waals surface area contributed by atoms with Crippen LogP contribution in [0.15, 0.2) is 97.1 Å². The highest BCUT2D eigenvalue weighted by atomic mass is 16.5. The van der Waals surface area contributed by atoms with Gasteiger partial charge in [0, 0.05) is 22.5 Å². The quantitative estimate of drug-likeness (QED) is 0.111. The standard InChI is InChI=1S/C37H36N8O4/c1-5-47-28-16-10-25(11-17-28)39-35-43-36(40-26-12-18-29(19-13-26)48-6-2)45-37(44-35)49-33-20-7-23(3)21-30(33)32-22-31(41-34(38)42-32)24-8-14-27(46-4)15-9-24/h7-22H,5-6H2,1-4H3,(H2,38,41,42)(H2,39,40,43,44,45). The summed E-state index contributed by atoms with van der Waals surface area (Å²) in [5, 5.41) is 6.49. The average molecular weight is 657 g/mol. The minimum Gasteiger partial charge on any atom is -0.497 e. The molecule has 4 N–H and O–H groups in total. The van der Waals surface area contributed by atoms with Gasteiger partial charge in [0.2, 0.25) is 17.8 Å². The normalized spacial score (nSPS) is 10.7. The van der Waals surface area contributed by atoms with Gasteiger partial charge in [-0.3, -0.25) is 0 Å². The largest absolute Gasteiger partial charge is 0.497 e. The molecule has 0 fully saturated rings. The molecule has 0 saturated carbocycles. The van der Waals surface area contributed by atoms with Crippen molar-refractivity contribution < 1.29 is 18.9 Å². The summed E-state index contributed by atoms with van der Waals surface area (Å²) in [5.41, 5.74) is 11.5. The predicted octanol–water partition coefficient (Wildman–Crippen LogP) is 7.97. The van der Waals surface area contributed by atoms with Crippen molar-refractivity contribution in [1.82, 2.24) is 24.9 Å². The Hall–Kier alpha value is -6.43. The van der Waals surface area contributed by atoms with E-state index < -0.39 is 0 Å².